The standard InChI is InChI=1S/C14H13Cl2N3O/c1-19(9-10-2-4-17-5-3-10)14(20)18-13-7-11(15)6-12(16)8-13/h2-8H,9H2,1H3,(H,18,20). The summed E-state index contributed by atoms with van der Waals surface area (Å²) in [6.45, 7) is 0.489. The van der Waals surface area contributed by atoms with Crippen LogP contribution in [-0.4, -0.2) is 23.0 Å². The molecular weight excluding hydrogens is 297 g/mol. The van der Waals surface area contributed by atoms with Gasteiger partial charge < -0.3 is 10.2 Å². The van der Waals surface area contributed by atoms with Crippen LogP contribution in [0, 0.1) is 0 Å². The number of hydrogen-bond acceptors (Lipinski definition) is 2. The normalized spacial score (nSPS) is 10.2. The number of nitrogens with one attached hydrogen (secondary N) is 1. The van der Waals surface area contributed by atoms with Crippen LogP contribution in [0.3, 0.4) is 0 Å². The SMILES string of the molecule is CN(Cc1ccncc1)C(=O)Nc1cc(Cl)cc(Cl)c1. The van der Waals surface area contributed by atoms with E-state index in [1.165, 1.54) is 0 Å². The summed E-state index contributed by atoms with van der Waals surface area (Å²) in [6, 6.07) is 8.39. The van der Waals surface area contributed by atoms with E-state index in [0.717, 1.165) is 5.56 Å². The summed E-state index contributed by atoms with van der Waals surface area (Å²) in [6.07, 6.45) is 3.38. The topological polar surface area (TPSA) is 45.2 Å². The summed E-state index contributed by atoms with van der Waals surface area (Å²) in [5.41, 5.74) is 1.57. The van der Waals surface area contributed by atoms with Crippen molar-refractivity contribution in [3.8, 4) is 0 Å². The van der Waals surface area contributed by atoms with Gasteiger partial charge in [0.15, 0.2) is 0 Å². The number of aromatic nitrogens is 1. The minimum Gasteiger partial charge on any atom is -0.323 e. The van der Waals surface area contributed by atoms with E-state index in [-0.39, 0.29) is 6.03 Å². The molecule has 0 atom stereocenters. The maximum absolute atomic E-state index is 12.1. The van der Waals surface area contributed by atoms with E-state index in [4.69, 9.17) is 23.2 Å². The van der Waals surface area contributed by atoms with Crippen LogP contribution in [0.15, 0.2) is 42.7 Å². The lowest BCUT2D eigenvalue weighted by atomic mass is 10.2. The summed E-state index contributed by atoms with van der Waals surface area (Å²) in [7, 11) is 1.71. The zero-order valence-electron chi connectivity index (χ0n) is 10.8. The van der Waals surface area contributed by atoms with Gasteiger partial charge in [0.05, 0.1) is 0 Å². The highest BCUT2D eigenvalue weighted by Gasteiger charge is 2.10. The van der Waals surface area contributed by atoms with Gasteiger partial charge in [0.2, 0.25) is 0 Å². The Bertz CT molecular complexity index is 584. The number of hydrogen-bond donors (Lipinski definition) is 1. The predicted octanol–water partition coefficient (Wildman–Crippen LogP) is 4.05. The molecule has 6 heteroatoms. The molecule has 0 spiro atoms. The fourth-order valence-corrected chi connectivity index (χ4v) is 2.20. The van der Waals surface area contributed by atoms with Crippen LogP contribution in [0.25, 0.3) is 0 Å². The van der Waals surface area contributed by atoms with Gasteiger partial charge in [0.25, 0.3) is 0 Å². The van der Waals surface area contributed by atoms with Crippen LogP contribution < -0.4 is 5.32 Å². The fraction of sp³-hybridized carbons (Fsp3) is 0.143. The van der Waals surface area contributed by atoms with Crippen molar-refractivity contribution in [2.75, 3.05) is 12.4 Å². The van der Waals surface area contributed by atoms with E-state index in [1.54, 1.807) is 42.5 Å². The van der Waals surface area contributed by atoms with Crippen molar-refractivity contribution in [2.24, 2.45) is 0 Å². The summed E-state index contributed by atoms with van der Waals surface area (Å²) >= 11 is 11.8. The highest BCUT2D eigenvalue weighted by molar-refractivity contribution is 6.35. The Hall–Kier alpha value is -1.78. The van der Waals surface area contributed by atoms with Crippen LogP contribution in [0.2, 0.25) is 10.0 Å². The molecule has 1 aromatic carbocycles. The van der Waals surface area contributed by atoms with Gasteiger partial charge in [-0.15, -0.1) is 0 Å². The van der Waals surface area contributed by atoms with Gasteiger partial charge in [-0.05, 0) is 35.9 Å². The molecule has 0 bridgehead atoms. The van der Waals surface area contributed by atoms with Crippen molar-refractivity contribution in [2.45, 2.75) is 6.54 Å². The van der Waals surface area contributed by atoms with Crippen molar-refractivity contribution in [1.82, 2.24) is 9.88 Å². The van der Waals surface area contributed by atoms with Crippen LogP contribution in [0.1, 0.15) is 5.56 Å². The lowest BCUT2D eigenvalue weighted by molar-refractivity contribution is 0.220. The molecule has 0 aliphatic heterocycles. The number of pyridine rings is 1. The van der Waals surface area contributed by atoms with E-state index in [2.05, 4.69) is 10.3 Å². The number of benzene rings is 1. The number of nitrogens with zero attached hydrogens (tertiary/aromatic N) is 2. The van der Waals surface area contributed by atoms with Gasteiger partial charge in [-0.3, -0.25) is 4.98 Å². The third-order valence-electron chi connectivity index (χ3n) is 2.63. The fourth-order valence-electron chi connectivity index (χ4n) is 1.68. The summed E-state index contributed by atoms with van der Waals surface area (Å²) in [4.78, 5) is 17.5. The number of urea groups is 1. The molecule has 1 heterocycles. The Morgan fingerprint density at radius 2 is 1.80 bits per heavy atom. The average molecular weight is 310 g/mol. The van der Waals surface area contributed by atoms with Gasteiger partial charge in [0, 0.05) is 41.7 Å². The number of carbonyl (C=O) groups excluding carboxylic acids is 1. The lowest BCUT2D eigenvalue weighted by Crippen LogP contribution is -2.30. The second-order valence-electron chi connectivity index (χ2n) is 4.30. The highest BCUT2D eigenvalue weighted by atomic mass is 35.5. The third-order valence-corrected chi connectivity index (χ3v) is 3.07. The van der Waals surface area contributed by atoms with E-state index < -0.39 is 0 Å². The Morgan fingerprint density at radius 3 is 2.40 bits per heavy atom. The molecule has 2 rings (SSSR count). The number of rotatable bonds is 3. The molecule has 2 amide bonds. The smallest absolute Gasteiger partial charge is 0.321 e. The molecule has 1 aromatic heterocycles. The minimum atomic E-state index is -0.236. The van der Waals surface area contributed by atoms with Gasteiger partial charge in [-0.25, -0.2) is 4.79 Å². The van der Waals surface area contributed by atoms with Crippen molar-refractivity contribution < 1.29 is 4.79 Å². The van der Waals surface area contributed by atoms with E-state index >= 15 is 0 Å². The maximum Gasteiger partial charge on any atom is 0.321 e. The Kier molecular flexibility index (Phi) is 4.82. The van der Waals surface area contributed by atoms with Crippen LogP contribution >= 0.6 is 23.2 Å². The first-order valence-electron chi connectivity index (χ1n) is 5.92. The Balaban J connectivity index is 2.00. The zero-order valence-corrected chi connectivity index (χ0v) is 12.3. The summed E-state index contributed by atoms with van der Waals surface area (Å²) in [5, 5.41) is 3.70. The lowest BCUT2D eigenvalue weighted by Gasteiger charge is -2.18. The molecular formula is C14H13Cl2N3O. The van der Waals surface area contributed by atoms with Gasteiger partial charge in [-0.1, -0.05) is 23.2 Å². The highest BCUT2D eigenvalue weighted by Crippen LogP contribution is 2.22. The van der Waals surface area contributed by atoms with Gasteiger partial charge in [0.1, 0.15) is 0 Å². The first-order chi connectivity index (χ1) is 9.54. The van der Waals surface area contributed by atoms with E-state index in [0.29, 0.717) is 22.3 Å². The second-order valence-corrected chi connectivity index (χ2v) is 5.17. The zero-order chi connectivity index (χ0) is 14.5. The van der Waals surface area contributed by atoms with Gasteiger partial charge >= 0.3 is 6.03 Å². The molecule has 20 heavy (non-hydrogen) atoms. The summed E-state index contributed by atoms with van der Waals surface area (Å²) in [5.74, 6) is 0. The number of anilines is 1. The number of halogens is 2. The number of amides is 2. The molecule has 0 saturated carbocycles. The maximum atomic E-state index is 12.1. The molecule has 4 nitrogen and oxygen atoms in total. The third kappa shape index (κ3) is 4.11. The second kappa shape index (κ2) is 6.59. The molecule has 0 aliphatic carbocycles. The van der Waals surface area contributed by atoms with E-state index in [9.17, 15) is 4.79 Å². The quantitative estimate of drug-likeness (QED) is 0.929. The van der Waals surface area contributed by atoms with Crippen LogP contribution in [0.5, 0.6) is 0 Å². The van der Waals surface area contributed by atoms with Crippen LogP contribution in [0.4, 0.5) is 10.5 Å². The molecule has 0 unspecified atom stereocenters. The van der Waals surface area contributed by atoms with E-state index in [1.807, 2.05) is 12.1 Å². The Morgan fingerprint density at radius 1 is 1.20 bits per heavy atom. The average Bonchev–Trinajstić information content (AvgIpc) is 2.38. The molecule has 0 fully saturated rings. The molecule has 1 N–H and O–H groups in total. The van der Waals surface area contributed by atoms with Crippen molar-refractivity contribution in [3.63, 3.8) is 0 Å². The first kappa shape index (κ1) is 14.6. The van der Waals surface area contributed by atoms with Gasteiger partial charge in [-0.2, -0.15) is 0 Å². The monoisotopic (exact) mass is 309 g/mol. The van der Waals surface area contributed by atoms with Crippen molar-refractivity contribution >= 4 is 34.9 Å². The van der Waals surface area contributed by atoms with Crippen molar-refractivity contribution in [1.29, 1.82) is 0 Å². The largest absolute Gasteiger partial charge is 0.323 e. The van der Waals surface area contributed by atoms with Crippen molar-refractivity contribution in [3.05, 3.63) is 58.3 Å². The predicted molar refractivity (Wildman–Crippen MR) is 81.2 cm³/mol. The summed E-state index contributed by atoms with van der Waals surface area (Å²) < 4.78 is 0. The molecule has 0 aliphatic rings. The molecule has 2 aromatic rings. The number of carbonyl (C=O) groups is 1. The minimum absolute atomic E-state index is 0.236. The first-order valence-corrected chi connectivity index (χ1v) is 6.67. The molecule has 104 valence electrons. The molecule has 0 radical (unpaired) electrons. The Labute approximate surface area is 127 Å². The molecule has 0 saturated heterocycles. The van der Waals surface area contributed by atoms with Crippen LogP contribution in [-0.2, 0) is 6.54 Å².